The van der Waals surface area contributed by atoms with Crippen LogP contribution in [0.3, 0.4) is 0 Å². The second-order valence-electron chi connectivity index (χ2n) is 5.88. The number of carbonyl (C=O) groups is 1. The van der Waals surface area contributed by atoms with E-state index >= 15 is 0 Å². The van der Waals surface area contributed by atoms with E-state index in [4.69, 9.17) is 4.74 Å². The topological polar surface area (TPSA) is 84.7 Å². The third kappa shape index (κ3) is 3.97. The lowest BCUT2D eigenvalue weighted by Crippen LogP contribution is -2.50. The predicted octanol–water partition coefficient (Wildman–Crippen LogP) is 2.29. The molecule has 1 unspecified atom stereocenters. The number of ether oxygens (including phenoxy) is 1. The molecule has 1 amide bonds. The number of carbonyl (C=O) groups excluding carboxylic acids is 1. The molecular formula is C18H18FN3O4. The summed E-state index contributed by atoms with van der Waals surface area (Å²) < 4.78 is 18.9. The first kappa shape index (κ1) is 17.8. The van der Waals surface area contributed by atoms with Crippen LogP contribution in [-0.4, -0.2) is 42.0 Å². The monoisotopic (exact) mass is 359 g/mol. The van der Waals surface area contributed by atoms with Gasteiger partial charge in [-0.15, -0.1) is 0 Å². The molecule has 0 bridgehead atoms. The van der Waals surface area contributed by atoms with E-state index in [1.165, 1.54) is 30.3 Å². The molecule has 1 fully saturated rings. The van der Waals surface area contributed by atoms with Gasteiger partial charge in [0.15, 0.2) is 12.4 Å². The Morgan fingerprint density at radius 1 is 1.31 bits per heavy atom. The van der Waals surface area contributed by atoms with Gasteiger partial charge in [-0.25, -0.2) is 4.39 Å². The Morgan fingerprint density at radius 3 is 2.88 bits per heavy atom. The Bertz CT molecular complexity index is 815. The molecule has 26 heavy (non-hydrogen) atoms. The molecule has 1 aliphatic rings. The van der Waals surface area contributed by atoms with Crippen LogP contribution >= 0.6 is 0 Å². The molecule has 2 aromatic rings. The molecule has 3 rings (SSSR count). The second-order valence-corrected chi connectivity index (χ2v) is 5.88. The summed E-state index contributed by atoms with van der Waals surface area (Å²) in [5.74, 6) is -0.626. The number of benzene rings is 2. The summed E-state index contributed by atoms with van der Waals surface area (Å²) in [5, 5.41) is 14.2. The Kier molecular flexibility index (Phi) is 5.43. The van der Waals surface area contributed by atoms with Crippen LogP contribution in [0.2, 0.25) is 0 Å². The molecule has 7 nitrogen and oxygen atoms in total. The van der Waals surface area contributed by atoms with Gasteiger partial charge >= 0.3 is 5.69 Å². The number of nitro benzene ring substituents is 1. The number of hydrogen-bond acceptors (Lipinski definition) is 5. The molecule has 0 aliphatic carbocycles. The molecule has 8 heteroatoms. The quantitative estimate of drug-likeness (QED) is 0.654. The number of nitro groups is 1. The molecule has 2 aromatic carbocycles. The maximum atomic E-state index is 13.5. The zero-order valence-corrected chi connectivity index (χ0v) is 13.9. The van der Waals surface area contributed by atoms with Crippen molar-refractivity contribution in [2.45, 2.75) is 6.04 Å². The van der Waals surface area contributed by atoms with E-state index in [0.717, 1.165) is 0 Å². The average molecular weight is 359 g/mol. The van der Waals surface area contributed by atoms with Gasteiger partial charge in [-0.1, -0.05) is 24.3 Å². The van der Waals surface area contributed by atoms with Gasteiger partial charge < -0.3 is 15.0 Å². The highest BCUT2D eigenvalue weighted by atomic mass is 19.1. The van der Waals surface area contributed by atoms with Gasteiger partial charge in [-0.05, 0) is 23.8 Å². The van der Waals surface area contributed by atoms with Crippen LogP contribution in [0.5, 0.6) is 5.75 Å². The molecule has 1 atom stereocenters. The Morgan fingerprint density at radius 2 is 2.12 bits per heavy atom. The smallest absolute Gasteiger partial charge is 0.310 e. The minimum absolute atomic E-state index is 0.0447. The maximum Gasteiger partial charge on any atom is 0.310 e. The summed E-state index contributed by atoms with van der Waals surface area (Å²) in [4.78, 5) is 24.7. The van der Waals surface area contributed by atoms with Crippen molar-refractivity contribution in [2.24, 2.45) is 0 Å². The van der Waals surface area contributed by atoms with Crippen molar-refractivity contribution in [2.75, 3.05) is 26.2 Å². The fourth-order valence-corrected chi connectivity index (χ4v) is 2.97. The van der Waals surface area contributed by atoms with Gasteiger partial charge in [0.25, 0.3) is 5.91 Å². The molecule has 1 saturated heterocycles. The SMILES string of the molecule is O=C(COc1ccccc1[N+](=O)[O-])N1CCNCC1c1cccc(F)c1. The average Bonchev–Trinajstić information content (AvgIpc) is 2.66. The Labute approximate surface area is 149 Å². The van der Waals surface area contributed by atoms with E-state index < -0.39 is 4.92 Å². The van der Waals surface area contributed by atoms with Crippen LogP contribution in [0, 0.1) is 15.9 Å². The van der Waals surface area contributed by atoms with Gasteiger partial charge in [0, 0.05) is 25.7 Å². The van der Waals surface area contributed by atoms with Crippen LogP contribution in [0.1, 0.15) is 11.6 Å². The first-order valence-electron chi connectivity index (χ1n) is 8.18. The summed E-state index contributed by atoms with van der Waals surface area (Å²) in [7, 11) is 0. The number of hydrogen-bond donors (Lipinski definition) is 1. The van der Waals surface area contributed by atoms with Crippen molar-refractivity contribution in [3.8, 4) is 5.75 Å². The summed E-state index contributed by atoms with van der Waals surface area (Å²) in [6.07, 6.45) is 0. The van der Waals surface area contributed by atoms with Gasteiger partial charge in [-0.2, -0.15) is 0 Å². The molecule has 136 valence electrons. The normalized spacial score (nSPS) is 17.0. The lowest BCUT2D eigenvalue weighted by atomic mass is 10.0. The molecule has 0 radical (unpaired) electrons. The van der Waals surface area contributed by atoms with Crippen LogP contribution < -0.4 is 10.1 Å². The fraction of sp³-hybridized carbons (Fsp3) is 0.278. The van der Waals surface area contributed by atoms with Crippen molar-refractivity contribution in [3.05, 3.63) is 70.0 Å². The van der Waals surface area contributed by atoms with Crippen molar-refractivity contribution in [1.29, 1.82) is 0 Å². The highest BCUT2D eigenvalue weighted by Gasteiger charge is 2.28. The summed E-state index contributed by atoms with van der Waals surface area (Å²) in [5.41, 5.74) is 0.499. The summed E-state index contributed by atoms with van der Waals surface area (Å²) in [6, 6.07) is 11.7. The number of amides is 1. The third-order valence-electron chi connectivity index (χ3n) is 4.21. The van der Waals surface area contributed by atoms with E-state index in [1.807, 2.05) is 0 Å². The molecular weight excluding hydrogens is 341 g/mol. The second kappa shape index (κ2) is 7.92. The zero-order valence-electron chi connectivity index (χ0n) is 13.9. The lowest BCUT2D eigenvalue weighted by molar-refractivity contribution is -0.385. The molecule has 1 heterocycles. The highest BCUT2D eigenvalue weighted by Crippen LogP contribution is 2.27. The van der Waals surface area contributed by atoms with Crippen molar-refractivity contribution in [3.63, 3.8) is 0 Å². The largest absolute Gasteiger partial charge is 0.477 e. The summed E-state index contributed by atoms with van der Waals surface area (Å²) in [6.45, 7) is 1.24. The van der Waals surface area contributed by atoms with Gasteiger partial charge in [-0.3, -0.25) is 14.9 Å². The molecule has 1 N–H and O–H groups in total. The number of nitrogens with one attached hydrogen (secondary N) is 1. The minimum Gasteiger partial charge on any atom is -0.477 e. The van der Waals surface area contributed by atoms with E-state index in [-0.39, 0.29) is 35.8 Å². The fourth-order valence-electron chi connectivity index (χ4n) is 2.97. The zero-order chi connectivity index (χ0) is 18.5. The highest BCUT2D eigenvalue weighted by molar-refractivity contribution is 5.78. The van der Waals surface area contributed by atoms with Crippen molar-refractivity contribution >= 4 is 11.6 Å². The molecule has 0 spiro atoms. The van der Waals surface area contributed by atoms with Crippen molar-refractivity contribution in [1.82, 2.24) is 10.2 Å². The van der Waals surface area contributed by atoms with E-state index in [9.17, 15) is 19.3 Å². The first-order chi connectivity index (χ1) is 12.6. The number of rotatable bonds is 5. The van der Waals surface area contributed by atoms with E-state index in [0.29, 0.717) is 25.2 Å². The van der Waals surface area contributed by atoms with Crippen LogP contribution in [0.25, 0.3) is 0 Å². The number of nitrogens with zero attached hydrogens (tertiary/aromatic N) is 2. The van der Waals surface area contributed by atoms with Gasteiger partial charge in [0.1, 0.15) is 5.82 Å². The number of halogens is 1. The first-order valence-corrected chi connectivity index (χ1v) is 8.18. The van der Waals surface area contributed by atoms with Crippen LogP contribution in [0.15, 0.2) is 48.5 Å². The number of para-hydroxylation sites is 2. The molecule has 0 saturated carbocycles. The number of piperazine rings is 1. The summed E-state index contributed by atoms with van der Waals surface area (Å²) >= 11 is 0. The molecule has 0 aromatic heterocycles. The Hall–Kier alpha value is -3.00. The predicted molar refractivity (Wildman–Crippen MR) is 92.3 cm³/mol. The van der Waals surface area contributed by atoms with E-state index in [2.05, 4.69) is 5.32 Å². The van der Waals surface area contributed by atoms with Gasteiger partial charge in [0.2, 0.25) is 0 Å². The maximum absolute atomic E-state index is 13.5. The van der Waals surface area contributed by atoms with Crippen LogP contribution in [0.4, 0.5) is 10.1 Å². The lowest BCUT2D eigenvalue weighted by Gasteiger charge is -2.36. The standard InChI is InChI=1S/C18H18FN3O4/c19-14-5-3-4-13(10-14)16-11-20-8-9-21(16)18(23)12-26-17-7-2-1-6-15(17)22(24)25/h1-7,10,16,20H,8-9,11-12H2. The van der Waals surface area contributed by atoms with E-state index in [1.54, 1.807) is 23.1 Å². The van der Waals surface area contributed by atoms with Crippen molar-refractivity contribution < 1.29 is 18.8 Å². The Balaban J connectivity index is 1.72. The molecule has 1 aliphatic heterocycles. The third-order valence-corrected chi connectivity index (χ3v) is 4.21. The van der Waals surface area contributed by atoms with Gasteiger partial charge in [0.05, 0.1) is 11.0 Å². The van der Waals surface area contributed by atoms with Crippen LogP contribution in [-0.2, 0) is 4.79 Å². The minimum atomic E-state index is -0.555.